The van der Waals surface area contributed by atoms with E-state index < -0.39 is 11.9 Å². The molecule has 2 amide bonds. The summed E-state index contributed by atoms with van der Waals surface area (Å²) in [5.74, 6) is -1.49. The quantitative estimate of drug-likeness (QED) is 0.781. The largest absolute Gasteiger partial charge is 0.478 e. The van der Waals surface area contributed by atoms with Gasteiger partial charge in [0.05, 0.1) is 11.3 Å². The van der Waals surface area contributed by atoms with E-state index in [4.69, 9.17) is 5.11 Å². The van der Waals surface area contributed by atoms with Gasteiger partial charge in [0, 0.05) is 25.2 Å². The highest BCUT2D eigenvalue weighted by Gasteiger charge is 2.14. The topological polar surface area (TPSA) is 99.6 Å². The molecule has 2 rings (SSSR count). The monoisotopic (exact) mass is 369 g/mol. The third-order valence-corrected chi connectivity index (χ3v) is 4.25. The van der Waals surface area contributed by atoms with Gasteiger partial charge in [0.25, 0.3) is 11.8 Å². The standard InChI is InChI=1S/C20H23N3O4/c1-4-23(5-2)19(25)15-8-6-14(7-9-15)12-21-18(24)17-11-10-16(20(26)27)13(3)22-17/h6-11H,4-5,12H2,1-3H3,(H,21,24)(H,26,27). The Kier molecular flexibility index (Phi) is 6.65. The lowest BCUT2D eigenvalue weighted by molar-refractivity contribution is 0.0693. The molecule has 7 heteroatoms. The maximum Gasteiger partial charge on any atom is 0.337 e. The Labute approximate surface area is 158 Å². The Bertz CT molecular complexity index is 843. The summed E-state index contributed by atoms with van der Waals surface area (Å²) in [5.41, 5.74) is 1.97. The fourth-order valence-corrected chi connectivity index (χ4v) is 2.65. The Balaban J connectivity index is 2.00. The predicted molar refractivity (Wildman–Crippen MR) is 101 cm³/mol. The van der Waals surface area contributed by atoms with Crippen LogP contribution in [-0.2, 0) is 6.54 Å². The SMILES string of the molecule is CCN(CC)C(=O)c1ccc(CNC(=O)c2ccc(C(=O)O)c(C)n2)cc1. The third kappa shape index (κ3) is 4.91. The van der Waals surface area contributed by atoms with Gasteiger partial charge in [-0.15, -0.1) is 0 Å². The summed E-state index contributed by atoms with van der Waals surface area (Å²) in [5, 5.41) is 11.7. The molecule has 0 atom stereocenters. The van der Waals surface area contributed by atoms with E-state index in [0.717, 1.165) is 5.56 Å². The van der Waals surface area contributed by atoms with Gasteiger partial charge in [0.15, 0.2) is 0 Å². The zero-order valence-corrected chi connectivity index (χ0v) is 15.7. The molecule has 0 fully saturated rings. The molecule has 0 saturated carbocycles. The average Bonchev–Trinajstić information content (AvgIpc) is 2.67. The second-order valence-electron chi connectivity index (χ2n) is 5.99. The van der Waals surface area contributed by atoms with E-state index in [1.165, 1.54) is 12.1 Å². The molecule has 27 heavy (non-hydrogen) atoms. The van der Waals surface area contributed by atoms with Gasteiger partial charge in [0.1, 0.15) is 5.69 Å². The van der Waals surface area contributed by atoms with Gasteiger partial charge in [-0.2, -0.15) is 0 Å². The van der Waals surface area contributed by atoms with Crippen molar-refractivity contribution < 1.29 is 19.5 Å². The molecule has 2 aromatic rings. The molecule has 142 valence electrons. The van der Waals surface area contributed by atoms with E-state index >= 15 is 0 Å². The van der Waals surface area contributed by atoms with Crippen molar-refractivity contribution in [1.82, 2.24) is 15.2 Å². The molecule has 2 N–H and O–H groups in total. The first kappa shape index (κ1) is 20.1. The van der Waals surface area contributed by atoms with E-state index in [0.29, 0.717) is 18.7 Å². The lowest BCUT2D eigenvalue weighted by atomic mass is 10.1. The van der Waals surface area contributed by atoms with Gasteiger partial charge in [-0.25, -0.2) is 9.78 Å². The number of carbonyl (C=O) groups is 3. The van der Waals surface area contributed by atoms with Crippen molar-refractivity contribution in [1.29, 1.82) is 0 Å². The molecule has 0 radical (unpaired) electrons. The highest BCUT2D eigenvalue weighted by molar-refractivity contribution is 5.95. The molecule has 1 aromatic heterocycles. The first-order valence-corrected chi connectivity index (χ1v) is 8.74. The number of amides is 2. The maximum absolute atomic E-state index is 12.3. The first-order valence-electron chi connectivity index (χ1n) is 8.74. The number of aryl methyl sites for hydroxylation is 1. The zero-order chi connectivity index (χ0) is 20.0. The van der Waals surface area contributed by atoms with Crippen LogP contribution in [0.1, 0.15) is 56.3 Å². The summed E-state index contributed by atoms with van der Waals surface area (Å²) >= 11 is 0. The van der Waals surface area contributed by atoms with Crippen LogP contribution in [0.5, 0.6) is 0 Å². The summed E-state index contributed by atoms with van der Waals surface area (Å²) in [6, 6.07) is 9.83. The van der Waals surface area contributed by atoms with Crippen LogP contribution in [0.25, 0.3) is 0 Å². The highest BCUT2D eigenvalue weighted by atomic mass is 16.4. The van der Waals surface area contributed by atoms with Crippen LogP contribution >= 0.6 is 0 Å². The summed E-state index contributed by atoms with van der Waals surface area (Å²) < 4.78 is 0. The van der Waals surface area contributed by atoms with Crippen molar-refractivity contribution >= 4 is 17.8 Å². The van der Waals surface area contributed by atoms with Gasteiger partial charge in [0.2, 0.25) is 0 Å². The number of aromatic nitrogens is 1. The van der Waals surface area contributed by atoms with Crippen LogP contribution in [0.15, 0.2) is 36.4 Å². The average molecular weight is 369 g/mol. The third-order valence-electron chi connectivity index (χ3n) is 4.25. The smallest absolute Gasteiger partial charge is 0.337 e. The van der Waals surface area contributed by atoms with Crippen LogP contribution < -0.4 is 5.32 Å². The van der Waals surface area contributed by atoms with Crippen molar-refractivity contribution in [3.63, 3.8) is 0 Å². The number of carbonyl (C=O) groups excluding carboxylic acids is 2. The van der Waals surface area contributed by atoms with Crippen LogP contribution in [0.3, 0.4) is 0 Å². The fourth-order valence-electron chi connectivity index (χ4n) is 2.65. The fraction of sp³-hybridized carbons (Fsp3) is 0.300. The number of aromatic carboxylic acids is 1. The number of benzene rings is 1. The number of nitrogens with zero attached hydrogens (tertiary/aromatic N) is 2. The molecule has 0 spiro atoms. The number of carboxylic acid groups (broad SMARTS) is 1. The van der Waals surface area contributed by atoms with Crippen LogP contribution in [0.2, 0.25) is 0 Å². The molecule has 0 aliphatic carbocycles. The van der Waals surface area contributed by atoms with Gasteiger partial charge in [-0.1, -0.05) is 12.1 Å². The molecule has 0 aliphatic heterocycles. The molecule has 0 aliphatic rings. The van der Waals surface area contributed by atoms with Crippen LogP contribution in [0.4, 0.5) is 0 Å². The Morgan fingerprint density at radius 2 is 1.67 bits per heavy atom. The summed E-state index contributed by atoms with van der Waals surface area (Å²) in [6.07, 6.45) is 0. The van der Waals surface area contributed by atoms with E-state index in [1.54, 1.807) is 36.1 Å². The van der Waals surface area contributed by atoms with Crippen LogP contribution in [0, 0.1) is 6.92 Å². The number of nitrogens with one attached hydrogen (secondary N) is 1. The first-order chi connectivity index (χ1) is 12.9. The van der Waals surface area contributed by atoms with E-state index in [1.807, 2.05) is 13.8 Å². The zero-order valence-electron chi connectivity index (χ0n) is 15.7. The lowest BCUT2D eigenvalue weighted by Crippen LogP contribution is -2.30. The summed E-state index contributed by atoms with van der Waals surface area (Å²) in [6.45, 7) is 7.00. The molecule has 0 unspecified atom stereocenters. The summed E-state index contributed by atoms with van der Waals surface area (Å²) in [7, 11) is 0. The number of carboxylic acids is 1. The normalized spacial score (nSPS) is 10.3. The lowest BCUT2D eigenvalue weighted by Gasteiger charge is -2.18. The highest BCUT2D eigenvalue weighted by Crippen LogP contribution is 2.09. The van der Waals surface area contributed by atoms with Crippen molar-refractivity contribution in [3.05, 3.63) is 64.5 Å². The minimum absolute atomic E-state index is 0.0196. The predicted octanol–water partition coefficient (Wildman–Crippen LogP) is 2.50. The van der Waals surface area contributed by atoms with E-state index in [9.17, 15) is 14.4 Å². The molecule has 7 nitrogen and oxygen atoms in total. The second-order valence-corrected chi connectivity index (χ2v) is 5.99. The maximum atomic E-state index is 12.3. The van der Waals surface area contributed by atoms with Gasteiger partial charge >= 0.3 is 5.97 Å². The molecular weight excluding hydrogens is 346 g/mol. The van der Waals surface area contributed by atoms with Crippen molar-refractivity contribution in [3.8, 4) is 0 Å². The van der Waals surface area contributed by atoms with E-state index in [-0.39, 0.29) is 29.4 Å². The molecule has 1 heterocycles. The summed E-state index contributed by atoms with van der Waals surface area (Å²) in [4.78, 5) is 41.3. The van der Waals surface area contributed by atoms with Crippen molar-refractivity contribution in [2.75, 3.05) is 13.1 Å². The molecule has 0 bridgehead atoms. The Hall–Kier alpha value is -3.22. The van der Waals surface area contributed by atoms with Crippen LogP contribution in [-0.4, -0.2) is 45.9 Å². The second kappa shape index (κ2) is 8.93. The van der Waals surface area contributed by atoms with Gasteiger partial charge in [-0.05, 0) is 50.6 Å². The molecular formula is C20H23N3O4. The Morgan fingerprint density at radius 1 is 1.04 bits per heavy atom. The molecule has 1 aromatic carbocycles. The number of rotatable bonds is 7. The van der Waals surface area contributed by atoms with Gasteiger partial charge < -0.3 is 15.3 Å². The minimum atomic E-state index is -1.08. The van der Waals surface area contributed by atoms with Crippen molar-refractivity contribution in [2.45, 2.75) is 27.3 Å². The Morgan fingerprint density at radius 3 is 2.19 bits per heavy atom. The molecule has 0 saturated heterocycles. The van der Waals surface area contributed by atoms with Crippen molar-refractivity contribution in [2.24, 2.45) is 0 Å². The number of hydrogen-bond donors (Lipinski definition) is 2. The minimum Gasteiger partial charge on any atom is -0.478 e. The number of hydrogen-bond acceptors (Lipinski definition) is 4. The number of pyridine rings is 1. The van der Waals surface area contributed by atoms with E-state index in [2.05, 4.69) is 10.3 Å². The van der Waals surface area contributed by atoms with Gasteiger partial charge in [-0.3, -0.25) is 9.59 Å².